The predicted octanol–water partition coefficient (Wildman–Crippen LogP) is 18.7. The monoisotopic (exact) mass is 905 g/mol. The van der Waals surface area contributed by atoms with Crippen LogP contribution in [0.4, 0.5) is 0 Å². The van der Waals surface area contributed by atoms with Crippen LogP contribution in [0.2, 0.25) is 0 Å². The second-order valence-electron chi connectivity index (χ2n) is 21.4. The molecular weight excluding hydrogens is 793 g/mol. The Kier molecular flexibility index (Phi) is 48.1. The molecule has 0 amide bonds. The summed E-state index contributed by atoms with van der Waals surface area (Å²) in [5, 5.41) is 0. The van der Waals surface area contributed by atoms with Crippen molar-refractivity contribution in [3.63, 3.8) is 0 Å². The van der Waals surface area contributed by atoms with E-state index in [9.17, 15) is 14.4 Å². The smallest absolute Gasteiger partial charge is 0.306 e. The lowest BCUT2D eigenvalue weighted by Crippen LogP contribution is -2.30. The molecule has 0 aliphatic rings. The van der Waals surface area contributed by atoms with Crippen molar-refractivity contribution in [2.45, 2.75) is 324 Å². The number of carbonyl (C=O) groups excluding carboxylic acids is 3. The van der Waals surface area contributed by atoms with Crippen molar-refractivity contribution in [2.24, 2.45) is 17.8 Å². The van der Waals surface area contributed by atoms with Crippen LogP contribution >= 0.6 is 0 Å². The highest BCUT2D eigenvalue weighted by Crippen LogP contribution is 2.18. The summed E-state index contributed by atoms with van der Waals surface area (Å²) in [5.41, 5.74) is 0. The van der Waals surface area contributed by atoms with Gasteiger partial charge in [-0.2, -0.15) is 0 Å². The van der Waals surface area contributed by atoms with Gasteiger partial charge in [-0.1, -0.05) is 279 Å². The molecule has 64 heavy (non-hydrogen) atoms. The van der Waals surface area contributed by atoms with E-state index in [1.165, 1.54) is 199 Å². The Hall–Kier alpha value is -1.59. The van der Waals surface area contributed by atoms with E-state index in [4.69, 9.17) is 14.2 Å². The zero-order valence-electron chi connectivity index (χ0n) is 44.1. The van der Waals surface area contributed by atoms with Gasteiger partial charge in [0.25, 0.3) is 0 Å². The first-order valence-electron chi connectivity index (χ1n) is 28.6. The van der Waals surface area contributed by atoms with E-state index in [0.717, 1.165) is 75.5 Å². The van der Waals surface area contributed by atoms with Crippen LogP contribution in [-0.4, -0.2) is 37.2 Å². The molecule has 380 valence electrons. The lowest BCUT2D eigenvalue weighted by Gasteiger charge is -2.18. The molecular formula is C58H112O6. The van der Waals surface area contributed by atoms with E-state index in [1.54, 1.807) is 0 Å². The van der Waals surface area contributed by atoms with Gasteiger partial charge in [0.1, 0.15) is 13.2 Å². The van der Waals surface area contributed by atoms with Crippen LogP contribution in [-0.2, 0) is 28.6 Å². The third kappa shape index (κ3) is 51.4. The summed E-state index contributed by atoms with van der Waals surface area (Å²) in [4.78, 5) is 38.1. The van der Waals surface area contributed by atoms with Crippen molar-refractivity contribution < 1.29 is 28.6 Å². The van der Waals surface area contributed by atoms with Gasteiger partial charge in [0.2, 0.25) is 0 Å². The van der Waals surface area contributed by atoms with Crippen molar-refractivity contribution in [3.8, 4) is 0 Å². The van der Waals surface area contributed by atoms with Gasteiger partial charge < -0.3 is 14.2 Å². The summed E-state index contributed by atoms with van der Waals surface area (Å²) in [6.07, 6.45) is 51.0. The number of ether oxygens (including phenoxy) is 3. The Labute approximate surface area is 399 Å². The minimum absolute atomic E-state index is 0.0638. The van der Waals surface area contributed by atoms with E-state index in [2.05, 4.69) is 41.5 Å². The van der Waals surface area contributed by atoms with Gasteiger partial charge in [-0.05, 0) is 37.0 Å². The number of hydrogen-bond donors (Lipinski definition) is 0. The number of unbranched alkanes of at least 4 members (excludes halogenated alkanes) is 34. The third-order valence-corrected chi connectivity index (χ3v) is 13.1. The molecule has 0 saturated carbocycles. The van der Waals surface area contributed by atoms with E-state index < -0.39 is 6.10 Å². The van der Waals surface area contributed by atoms with E-state index >= 15 is 0 Å². The van der Waals surface area contributed by atoms with E-state index in [0.29, 0.717) is 19.3 Å². The van der Waals surface area contributed by atoms with Crippen LogP contribution in [0.15, 0.2) is 0 Å². The minimum Gasteiger partial charge on any atom is -0.462 e. The van der Waals surface area contributed by atoms with Crippen molar-refractivity contribution in [2.75, 3.05) is 13.2 Å². The summed E-state index contributed by atoms with van der Waals surface area (Å²) in [6, 6.07) is 0. The first kappa shape index (κ1) is 62.4. The third-order valence-electron chi connectivity index (χ3n) is 13.1. The molecule has 1 atom stereocenters. The molecule has 0 saturated heterocycles. The summed E-state index contributed by atoms with van der Waals surface area (Å²) in [5.74, 6) is 1.65. The topological polar surface area (TPSA) is 78.9 Å². The molecule has 6 heteroatoms. The van der Waals surface area contributed by atoms with Crippen LogP contribution < -0.4 is 0 Å². The van der Waals surface area contributed by atoms with Gasteiger partial charge in [-0.25, -0.2) is 0 Å². The highest BCUT2D eigenvalue weighted by Gasteiger charge is 2.19. The predicted molar refractivity (Wildman–Crippen MR) is 275 cm³/mol. The molecule has 6 nitrogen and oxygen atoms in total. The molecule has 0 aliphatic heterocycles. The summed E-state index contributed by atoms with van der Waals surface area (Å²) >= 11 is 0. The van der Waals surface area contributed by atoms with Crippen LogP contribution in [0, 0.1) is 17.8 Å². The first-order chi connectivity index (χ1) is 31.1. The molecule has 0 heterocycles. The molecule has 0 bridgehead atoms. The highest BCUT2D eigenvalue weighted by atomic mass is 16.6. The quantitative estimate of drug-likeness (QED) is 0.0344. The maximum Gasteiger partial charge on any atom is 0.306 e. The van der Waals surface area contributed by atoms with E-state index in [-0.39, 0.29) is 31.1 Å². The van der Waals surface area contributed by atoms with Crippen LogP contribution in [0.1, 0.15) is 318 Å². The molecule has 0 spiro atoms. The van der Waals surface area contributed by atoms with Crippen LogP contribution in [0.3, 0.4) is 0 Å². The van der Waals surface area contributed by atoms with Crippen molar-refractivity contribution in [3.05, 3.63) is 0 Å². The second kappa shape index (κ2) is 49.3. The number of hydrogen-bond acceptors (Lipinski definition) is 6. The molecule has 0 aromatic heterocycles. The van der Waals surface area contributed by atoms with Crippen LogP contribution in [0.25, 0.3) is 0 Å². The molecule has 0 aromatic carbocycles. The van der Waals surface area contributed by atoms with Gasteiger partial charge in [-0.3, -0.25) is 14.4 Å². The van der Waals surface area contributed by atoms with Crippen LogP contribution in [0.5, 0.6) is 0 Å². The summed E-state index contributed by atoms with van der Waals surface area (Å²) in [6.45, 7) is 13.7. The van der Waals surface area contributed by atoms with Crippen molar-refractivity contribution >= 4 is 17.9 Å². The average molecular weight is 906 g/mol. The van der Waals surface area contributed by atoms with Crippen molar-refractivity contribution in [1.82, 2.24) is 0 Å². The molecule has 0 aliphatic carbocycles. The summed E-state index contributed by atoms with van der Waals surface area (Å²) in [7, 11) is 0. The Morgan fingerprint density at radius 3 is 0.672 bits per heavy atom. The number of carbonyl (C=O) groups is 3. The second-order valence-corrected chi connectivity index (χ2v) is 21.4. The molecule has 0 aromatic rings. The fourth-order valence-corrected chi connectivity index (χ4v) is 8.82. The number of rotatable bonds is 51. The van der Waals surface area contributed by atoms with E-state index in [1.807, 2.05) is 0 Å². The Morgan fingerprint density at radius 1 is 0.266 bits per heavy atom. The fraction of sp³-hybridized carbons (Fsp3) is 0.948. The van der Waals surface area contributed by atoms with Gasteiger partial charge in [0, 0.05) is 19.3 Å². The fourth-order valence-electron chi connectivity index (χ4n) is 8.82. The lowest BCUT2D eigenvalue weighted by molar-refractivity contribution is -0.167. The van der Waals surface area contributed by atoms with Gasteiger partial charge in [-0.15, -0.1) is 0 Å². The zero-order chi connectivity index (χ0) is 47.0. The summed E-state index contributed by atoms with van der Waals surface area (Å²) < 4.78 is 16.9. The Bertz CT molecular complexity index is 991. The SMILES string of the molecule is CC(C)CCCCCCCCCCCCCCCCCC(=O)O[C@@H](COC(=O)CCCCCCCCCCCCCCCC(C)C)COC(=O)CCCCCCCCCCCC(C)C. The number of esters is 3. The maximum atomic E-state index is 12.8. The standard InChI is InChI=1S/C58H112O6/c1-52(2)44-38-32-26-20-15-11-8-7-9-13-18-24-31-37-43-49-58(61)64-55(51-63-57(60)48-42-36-30-25-19-22-28-34-40-46-54(5)6)50-62-56(59)47-41-35-29-23-17-14-10-12-16-21-27-33-39-45-53(3)4/h52-55H,7-51H2,1-6H3/t55-/m0/s1. The molecule has 0 unspecified atom stereocenters. The molecule has 0 rings (SSSR count). The van der Waals surface area contributed by atoms with Gasteiger partial charge in [0.15, 0.2) is 6.10 Å². The van der Waals surface area contributed by atoms with Gasteiger partial charge >= 0.3 is 17.9 Å². The molecule has 0 N–H and O–H groups in total. The normalized spacial score (nSPS) is 12.1. The lowest BCUT2D eigenvalue weighted by atomic mass is 10.0. The zero-order valence-corrected chi connectivity index (χ0v) is 44.1. The highest BCUT2D eigenvalue weighted by molar-refractivity contribution is 5.71. The first-order valence-corrected chi connectivity index (χ1v) is 28.6. The van der Waals surface area contributed by atoms with Crippen molar-refractivity contribution in [1.29, 1.82) is 0 Å². The largest absolute Gasteiger partial charge is 0.462 e. The Morgan fingerprint density at radius 2 is 0.453 bits per heavy atom. The maximum absolute atomic E-state index is 12.8. The molecule has 0 radical (unpaired) electrons. The molecule has 0 fully saturated rings. The van der Waals surface area contributed by atoms with Gasteiger partial charge in [0.05, 0.1) is 0 Å². The Balaban J connectivity index is 4.29. The minimum atomic E-state index is -0.763. The average Bonchev–Trinajstić information content (AvgIpc) is 3.25.